The number of amides is 2. The average molecular weight is 721 g/mol. The molecule has 0 spiro atoms. The van der Waals surface area contributed by atoms with Crippen LogP contribution in [0.5, 0.6) is 0 Å². The molecule has 0 saturated heterocycles. The van der Waals surface area contributed by atoms with Crippen LogP contribution in [0.4, 0.5) is 0 Å². The van der Waals surface area contributed by atoms with Crippen molar-refractivity contribution in [2.75, 3.05) is 14.2 Å². The second-order valence-corrected chi connectivity index (χ2v) is 12.8. The van der Waals surface area contributed by atoms with Crippen LogP contribution in [0.1, 0.15) is 72.1 Å². The molecular formula is C36H49LiN4O11. The smallest absolute Gasteiger partial charge is 0.870 e. The van der Waals surface area contributed by atoms with Crippen molar-refractivity contribution in [3.05, 3.63) is 71.8 Å². The summed E-state index contributed by atoms with van der Waals surface area (Å²) in [7, 11) is 2.71. The van der Waals surface area contributed by atoms with E-state index >= 15 is 0 Å². The van der Waals surface area contributed by atoms with Crippen molar-refractivity contribution in [2.45, 2.75) is 75.5 Å². The predicted octanol–water partition coefficient (Wildman–Crippen LogP) is -0.820. The van der Waals surface area contributed by atoms with Crippen molar-refractivity contribution < 1.29 is 72.8 Å². The molecule has 16 heteroatoms. The summed E-state index contributed by atoms with van der Waals surface area (Å²) in [6, 6.07) is 15.3. The first-order valence-electron chi connectivity index (χ1n) is 16.7. The van der Waals surface area contributed by atoms with Gasteiger partial charge in [-0.2, -0.15) is 0 Å². The van der Waals surface area contributed by atoms with Crippen LogP contribution in [-0.2, 0) is 28.7 Å². The fraction of sp³-hybridized carbons (Fsp3) is 0.500. The molecule has 4 aliphatic rings. The van der Waals surface area contributed by atoms with Crippen molar-refractivity contribution in [3.63, 3.8) is 0 Å². The monoisotopic (exact) mass is 720 g/mol. The zero-order chi connectivity index (χ0) is 36.8. The average Bonchev–Trinajstić information content (AvgIpc) is 3.94. The number of hydrogen-bond donors (Lipinski definition) is 6. The molecule has 4 atom stereocenters. The molecule has 0 radical (unpaired) electrons. The molecule has 6 rings (SSSR count). The van der Waals surface area contributed by atoms with Crippen LogP contribution in [0.2, 0.25) is 0 Å². The first-order valence-corrected chi connectivity index (χ1v) is 16.7. The van der Waals surface area contributed by atoms with Crippen LogP contribution in [0.15, 0.2) is 60.7 Å². The number of carboxylic acid groups (broad SMARTS) is 2. The van der Waals surface area contributed by atoms with E-state index in [9.17, 15) is 28.8 Å². The van der Waals surface area contributed by atoms with Gasteiger partial charge in [0.25, 0.3) is 11.8 Å². The summed E-state index contributed by atoms with van der Waals surface area (Å²) in [6.07, 6.45) is 7.84. The van der Waals surface area contributed by atoms with E-state index < -0.39 is 30.1 Å². The largest absolute Gasteiger partial charge is 1.00 e. The van der Waals surface area contributed by atoms with E-state index in [-0.39, 0.29) is 71.9 Å². The number of hydrogen-bond acceptors (Lipinski definition) is 11. The van der Waals surface area contributed by atoms with Gasteiger partial charge in [0, 0.05) is 11.1 Å². The Hall–Kier alpha value is -4.26. The Bertz CT molecular complexity index is 1450. The van der Waals surface area contributed by atoms with Gasteiger partial charge >= 0.3 is 42.7 Å². The summed E-state index contributed by atoms with van der Waals surface area (Å²) in [5, 5.41) is 22.5. The van der Waals surface area contributed by atoms with Crippen molar-refractivity contribution >= 4 is 35.7 Å². The number of carbonyl (C=O) groups is 6. The third-order valence-electron chi connectivity index (χ3n) is 8.57. The number of benzene rings is 2. The minimum absolute atomic E-state index is 0. The topological polar surface area (TPSA) is 267 Å². The number of rotatable bonds is 12. The molecule has 0 aromatic heterocycles. The molecule has 4 aliphatic carbocycles. The minimum Gasteiger partial charge on any atom is -0.870 e. The number of nitrogens with two attached hydrogens (primary N) is 2. The third kappa shape index (κ3) is 16.0. The molecular weight excluding hydrogens is 671 g/mol. The number of carboxylic acids is 2. The summed E-state index contributed by atoms with van der Waals surface area (Å²) in [5.41, 5.74) is 11.7. The van der Waals surface area contributed by atoms with Gasteiger partial charge in [-0.15, -0.1) is 0 Å². The maximum Gasteiger partial charge on any atom is 1.00 e. The van der Waals surface area contributed by atoms with Gasteiger partial charge in [0.1, 0.15) is 24.2 Å². The van der Waals surface area contributed by atoms with E-state index in [1.165, 1.54) is 14.2 Å². The van der Waals surface area contributed by atoms with Gasteiger partial charge in [0.2, 0.25) is 0 Å². The molecule has 0 aliphatic heterocycles. The van der Waals surface area contributed by atoms with Crippen LogP contribution >= 0.6 is 0 Å². The Morgan fingerprint density at radius 1 is 0.577 bits per heavy atom. The van der Waals surface area contributed by atoms with Crippen molar-refractivity contribution in [1.82, 2.24) is 10.6 Å². The summed E-state index contributed by atoms with van der Waals surface area (Å²) in [6.45, 7) is 0. The second-order valence-electron chi connectivity index (χ2n) is 12.8. The van der Waals surface area contributed by atoms with Crippen LogP contribution < -0.4 is 41.0 Å². The van der Waals surface area contributed by atoms with Crippen molar-refractivity contribution in [3.8, 4) is 0 Å². The zero-order valence-corrected chi connectivity index (χ0v) is 29.8. The molecule has 4 fully saturated rings. The molecule has 2 amide bonds. The molecule has 280 valence electrons. The van der Waals surface area contributed by atoms with E-state index in [0.29, 0.717) is 17.0 Å². The number of esters is 2. The minimum atomic E-state index is -0.952. The third-order valence-corrected chi connectivity index (χ3v) is 8.57. The fourth-order valence-electron chi connectivity index (χ4n) is 4.81. The van der Waals surface area contributed by atoms with E-state index in [1.807, 2.05) is 12.1 Å². The van der Waals surface area contributed by atoms with Crippen LogP contribution in [0, 0.1) is 23.7 Å². The first-order chi connectivity index (χ1) is 23.9. The molecule has 0 heterocycles. The van der Waals surface area contributed by atoms with Gasteiger partial charge in [-0.05, 0) is 99.3 Å². The number of methoxy groups -OCH3 is 2. The van der Waals surface area contributed by atoms with Gasteiger partial charge in [-0.1, -0.05) is 36.4 Å². The van der Waals surface area contributed by atoms with Crippen LogP contribution in [0.3, 0.4) is 0 Å². The Balaban J connectivity index is 0.000000358. The number of carbonyl (C=O) groups excluding carboxylic acids is 4. The normalized spacial score (nSPS) is 17.5. The quantitative estimate of drug-likeness (QED) is 0.116. The predicted molar refractivity (Wildman–Crippen MR) is 183 cm³/mol. The number of nitrogens with one attached hydrogen (secondary N) is 2. The molecule has 0 bridgehead atoms. The van der Waals surface area contributed by atoms with Gasteiger partial charge in [-0.25, -0.2) is 9.59 Å². The van der Waals surface area contributed by atoms with E-state index in [2.05, 4.69) is 15.4 Å². The first kappa shape index (κ1) is 45.8. The van der Waals surface area contributed by atoms with Crippen molar-refractivity contribution in [2.24, 2.45) is 35.1 Å². The van der Waals surface area contributed by atoms with Gasteiger partial charge < -0.3 is 47.3 Å². The molecule has 52 heavy (non-hydrogen) atoms. The van der Waals surface area contributed by atoms with Gasteiger partial charge in [-0.3, -0.25) is 19.2 Å². The standard InChI is InChI=1S/C13H15NO3.C12H13NO3.C6H11NO2.C5H9NO2.Li.H2O/c1-17-13(16)11(9-7-8-9)14-12(15)10-5-3-2-4-6-10;14-11(9-4-2-1-3-5-9)13-10(12(15)16)8-6-7-8;1-9-6(8)5(7)4-2-3-4;6-4(5(7)8)3-1-2-3;;/h2-6,9,11H,7-8H2,1H3,(H,14,15);1-5,8,10H,6-7H2,(H,13,14)(H,15,16);4-5H,2-3,7H2,1H3;3-4H,1-2,6H2,(H,7,8);;1H2/q;;;;+1;/p-1/t11-;10-;5-;4-;;/m0000../s1. The van der Waals surface area contributed by atoms with Gasteiger partial charge in [0.05, 0.1) is 14.2 Å². The summed E-state index contributed by atoms with van der Waals surface area (Å²) < 4.78 is 9.15. The summed E-state index contributed by atoms with van der Waals surface area (Å²) >= 11 is 0. The number of aliphatic carboxylic acids is 2. The Labute approximate surface area is 315 Å². The van der Waals surface area contributed by atoms with E-state index in [0.717, 1.165) is 51.4 Å². The number of ether oxygens (including phenoxy) is 2. The molecule has 4 saturated carbocycles. The SMILES string of the molecule is COC(=O)[C@@H](N)C1CC1.COC(=O)[C@@H](NC(=O)c1ccccc1)C1CC1.N[C@H](C(=O)O)C1CC1.O=C(N[C@H](C(=O)O)C1CC1)c1ccccc1.[Li+].[OH-]. The molecule has 0 unspecified atom stereocenters. The maximum absolute atomic E-state index is 11.9. The van der Waals surface area contributed by atoms with Crippen LogP contribution in [-0.4, -0.2) is 89.8 Å². The maximum atomic E-state index is 11.9. The Morgan fingerprint density at radius 3 is 1.23 bits per heavy atom. The fourth-order valence-corrected chi connectivity index (χ4v) is 4.81. The second kappa shape index (κ2) is 22.6. The zero-order valence-electron chi connectivity index (χ0n) is 29.8. The Kier molecular flexibility index (Phi) is 19.9. The molecule has 9 N–H and O–H groups in total. The molecule has 15 nitrogen and oxygen atoms in total. The molecule has 2 aromatic rings. The summed E-state index contributed by atoms with van der Waals surface area (Å²) in [5.74, 6) is -2.01. The molecule has 2 aromatic carbocycles. The van der Waals surface area contributed by atoms with Gasteiger partial charge in [0.15, 0.2) is 0 Å². The summed E-state index contributed by atoms with van der Waals surface area (Å²) in [4.78, 5) is 66.8. The van der Waals surface area contributed by atoms with E-state index in [1.54, 1.807) is 48.5 Å². The van der Waals surface area contributed by atoms with Crippen molar-refractivity contribution in [1.29, 1.82) is 0 Å². The Morgan fingerprint density at radius 2 is 0.923 bits per heavy atom. The van der Waals surface area contributed by atoms with Crippen LogP contribution in [0.25, 0.3) is 0 Å². The van der Waals surface area contributed by atoms with E-state index in [4.69, 9.17) is 26.4 Å².